The van der Waals surface area contributed by atoms with Crippen molar-refractivity contribution in [1.82, 2.24) is 4.90 Å². The van der Waals surface area contributed by atoms with Crippen molar-refractivity contribution in [1.29, 1.82) is 0 Å². The second-order valence-electron chi connectivity index (χ2n) is 6.20. The smallest absolute Gasteiger partial charge is 0.238 e. The van der Waals surface area contributed by atoms with E-state index in [0.29, 0.717) is 12.6 Å². The Morgan fingerprint density at radius 3 is 2.87 bits per heavy atom. The molecule has 2 aromatic rings. The van der Waals surface area contributed by atoms with E-state index in [1.807, 2.05) is 32.2 Å². The second-order valence-corrected chi connectivity index (χ2v) is 7.05. The molecular weight excluding hydrogens is 352 g/mol. The van der Waals surface area contributed by atoms with Crippen LogP contribution in [0.2, 0.25) is 0 Å². The molecule has 23 heavy (non-hydrogen) atoms. The molecule has 0 aliphatic heterocycles. The molecule has 0 spiro atoms. The number of amides is 1. The van der Waals surface area contributed by atoms with Crippen LogP contribution in [-0.2, 0) is 11.2 Å². The molecule has 1 N–H and O–H groups in total. The Morgan fingerprint density at radius 1 is 1.30 bits per heavy atom. The average Bonchev–Trinajstić information content (AvgIpc) is 2.94. The van der Waals surface area contributed by atoms with Crippen molar-refractivity contribution >= 4 is 27.5 Å². The number of benzene rings is 2. The fraction of sp³-hybridized carbons (Fsp3) is 0.316. The molecule has 1 amide bonds. The Bertz CT molecular complexity index is 729. The van der Waals surface area contributed by atoms with Gasteiger partial charge in [0.25, 0.3) is 0 Å². The van der Waals surface area contributed by atoms with E-state index < -0.39 is 0 Å². The predicted octanol–water partition coefficient (Wildman–Crippen LogP) is 4.32. The van der Waals surface area contributed by atoms with Gasteiger partial charge in [-0.15, -0.1) is 0 Å². The molecule has 2 aromatic carbocycles. The highest BCUT2D eigenvalue weighted by atomic mass is 79.9. The summed E-state index contributed by atoms with van der Waals surface area (Å²) in [5, 5.41) is 2.99. The molecule has 0 bridgehead atoms. The van der Waals surface area contributed by atoms with E-state index in [2.05, 4.69) is 50.4 Å². The Balaban J connectivity index is 1.64. The van der Waals surface area contributed by atoms with E-state index in [-0.39, 0.29) is 5.91 Å². The molecule has 0 saturated heterocycles. The van der Waals surface area contributed by atoms with Crippen molar-refractivity contribution in [2.24, 2.45) is 0 Å². The number of carbonyl (C=O) groups is 1. The third kappa shape index (κ3) is 3.65. The highest BCUT2D eigenvalue weighted by Gasteiger charge is 2.26. The SMILES string of the molecule is Cc1ccc(NC(=O)CN(C)[C@H]2CCc3ccccc32)c(Br)c1. The normalized spacial score (nSPS) is 16.4. The second kappa shape index (κ2) is 6.85. The van der Waals surface area contributed by atoms with Crippen LogP contribution in [0.25, 0.3) is 0 Å². The number of nitrogens with one attached hydrogen (secondary N) is 1. The van der Waals surface area contributed by atoms with Crippen LogP contribution in [0.5, 0.6) is 0 Å². The molecular formula is C19H21BrN2O. The van der Waals surface area contributed by atoms with Gasteiger partial charge in [-0.05, 0) is 71.6 Å². The average molecular weight is 373 g/mol. The number of rotatable bonds is 4. The van der Waals surface area contributed by atoms with Crippen molar-refractivity contribution in [3.63, 3.8) is 0 Å². The van der Waals surface area contributed by atoms with Crippen LogP contribution in [-0.4, -0.2) is 24.4 Å². The number of hydrogen-bond donors (Lipinski definition) is 1. The van der Waals surface area contributed by atoms with E-state index in [9.17, 15) is 4.79 Å². The number of fused-ring (bicyclic) bond motifs is 1. The first-order valence-electron chi connectivity index (χ1n) is 7.88. The van der Waals surface area contributed by atoms with Gasteiger partial charge in [0, 0.05) is 10.5 Å². The van der Waals surface area contributed by atoms with Gasteiger partial charge in [-0.3, -0.25) is 9.69 Å². The lowest BCUT2D eigenvalue weighted by atomic mass is 10.1. The Kier molecular flexibility index (Phi) is 4.83. The highest BCUT2D eigenvalue weighted by molar-refractivity contribution is 9.10. The summed E-state index contributed by atoms with van der Waals surface area (Å²) < 4.78 is 0.916. The van der Waals surface area contributed by atoms with Crippen LogP contribution in [0.15, 0.2) is 46.9 Å². The molecule has 0 radical (unpaired) electrons. The molecule has 1 aliphatic carbocycles. The molecule has 0 unspecified atom stereocenters. The van der Waals surface area contributed by atoms with Gasteiger partial charge < -0.3 is 5.32 Å². The van der Waals surface area contributed by atoms with Crippen molar-refractivity contribution in [2.75, 3.05) is 18.9 Å². The maximum absolute atomic E-state index is 12.4. The number of nitrogens with zero attached hydrogens (tertiary/aromatic N) is 1. The molecule has 120 valence electrons. The van der Waals surface area contributed by atoms with Gasteiger partial charge in [0.2, 0.25) is 5.91 Å². The van der Waals surface area contributed by atoms with Crippen LogP contribution in [0.3, 0.4) is 0 Å². The van der Waals surface area contributed by atoms with Gasteiger partial charge in [-0.1, -0.05) is 30.3 Å². The maximum atomic E-state index is 12.4. The summed E-state index contributed by atoms with van der Waals surface area (Å²) in [4.78, 5) is 14.5. The highest BCUT2D eigenvalue weighted by Crippen LogP contribution is 2.34. The lowest BCUT2D eigenvalue weighted by molar-refractivity contribution is -0.117. The first-order valence-corrected chi connectivity index (χ1v) is 8.68. The summed E-state index contributed by atoms with van der Waals surface area (Å²) in [6.45, 7) is 2.42. The number of likely N-dealkylation sites (N-methyl/N-ethyl adjacent to an activating group) is 1. The van der Waals surface area contributed by atoms with Crippen LogP contribution in [0.1, 0.15) is 29.2 Å². The van der Waals surface area contributed by atoms with Gasteiger partial charge >= 0.3 is 0 Å². The van der Waals surface area contributed by atoms with E-state index in [1.54, 1.807) is 0 Å². The molecule has 3 nitrogen and oxygen atoms in total. The van der Waals surface area contributed by atoms with Gasteiger partial charge in [0.1, 0.15) is 0 Å². The molecule has 1 atom stereocenters. The Morgan fingerprint density at radius 2 is 2.09 bits per heavy atom. The molecule has 3 rings (SSSR count). The van der Waals surface area contributed by atoms with Crippen molar-refractivity contribution in [2.45, 2.75) is 25.8 Å². The summed E-state index contributed by atoms with van der Waals surface area (Å²) in [5.41, 5.74) is 4.75. The lowest BCUT2D eigenvalue weighted by Crippen LogP contribution is -2.32. The topological polar surface area (TPSA) is 32.3 Å². The van der Waals surface area contributed by atoms with E-state index in [1.165, 1.54) is 11.1 Å². The number of halogens is 1. The summed E-state index contributed by atoms with van der Waals surface area (Å²) >= 11 is 3.50. The van der Waals surface area contributed by atoms with Crippen LogP contribution in [0.4, 0.5) is 5.69 Å². The molecule has 0 fully saturated rings. The fourth-order valence-electron chi connectivity index (χ4n) is 3.24. The molecule has 0 saturated carbocycles. The quantitative estimate of drug-likeness (QED) is 0.866. The zero-order valence-electron chi connectivity index (χ0n) is 13.5. The third-order valence-electron chi connectivity index (χ3n) is 4.42. The standard InChI is InChI=1S/C19H21BrN2O/c1-13-7-9-17(16(20)11-13)21-19(23)12-22(2)18-10-8-14-5-3-4-6-15(14)18/h3-7,9,11,18H,8,10,12H2,1-2H3,(H,21,23)/t18-/m0/s1. The minimum atomic E-state index is 0.0152. The van der Waals surface area contributed by atoms with Crippen molar-refractivity contribution < 1.29 is 4.79 Å². The first-order chi connectivity index (χ1) is 11.0. The monoisotopic (exact) mass is 372 g/mol. The number of anilines is 1. The number of hydrogen-bond acceptors (Lipinski definition) is 2. The maximum Gasteiger partial charge on any atom is 0.238 e. The van der Waals surface area contributed by atoms with E-state index in [0.717, 1.165) is 28.6 Å². The largest absolute Gasteiger partial charge is 0.324 e. The van der Waals surface area contributed by atoms with Gasteiger partial charge in [-0.2, -0.15) is 0 Å². The zero-order valence-corrected chi connectivity index (χ0v) is 15.1. The minimum Gasteiger partial charge on any atom is -0.324 e. The summed E-state index contributed by atoms with van der Waals surface area (Å²) in [6.07, 6.45) is 2.17. The third-order valence-corrected chi connectivity index (χ3v) is 5.08. The van der Waals surface area contributed by atoms with Crippen LogP contribution >= 0.6 is 15.9 Å². The van der Waals surface area contributed by atoms with Gasteiger partial charge in [0.05, 0.1) is 12.2 Å². The predicted molar refractivity (Wildman–Crippen MR) is 97.6 cm³/mol. The van der Waals surface area contributed by atoms with Gasteiger partial charge in [-0.25, -0.2) is 0 Å². The van der Waals surface area contributed by atoms with E-state index in [4.69, 9.17) is 0 Å². The Hall–Kier alpha value is -1.65. The summed E-state index contributed by atoms with van der Waals surface area (Å²) in [5.74, 6) is 0.0152. The number of carbonyl (C=O) groups excluding carboxylic acids is 1. The molecule has 0 aromatic heterocycles. The zero-order chi connectivity index (χ0) is 16.4. The lowest BCUT2D eigenvalue weighted by Gasteiger charge is -2.24. The van der Waals surface area contributed by atoms with Crippen LogP contribution < -0.4 is 5.32 Å². The summed E-state index contributed by atoms with van der Waals surface area (Å²) in [7, 11) is 2.02. The number of aryl methyl sites for hydroxylation is 2. The minimum absolute atomic E-state index is 0.0152. The van der Waals surface area contributed by atoms with E-state index >= 15 is 0 Å². The molecule has 4 heteroatoms. The Labute approximate surface area is 145 Å². The van der Waals surface area contributed by atoms with Crippen molar-refractivity contribution in [3.8, 4) is 0 Å². The van der Waals surface area contributed by atoms with Crippen molar-refractivity contribution in [3.05, 3.63) is 63.6 Å². The van der Waals surface area contributed by atoms with Gasteiger partial charge in [0.15, 0.2) is 0 Å². The molecule has 0 heterocycles. The summed E-state index contributed by atoms with van der Waals surface area (Å²) in [6, 6.07) is 14.8. The molecule has 1 aliphatic rings. The van der Waals surface area contributed by atoms with Crippen LogP contribution in [0, 0.1) is 6.92 Å². The first kappa shape index (κ1) is 16.2. The fourth-order valence-corrected chi connectivity index (χ4v) is 3.83.